The predicted molar refractivity (Wildman–Crippen MR) is 108 cm³/mol. The van der Waals surface area contributed by atoms with E-state index < -0.39 is 0 Å². The van der Waals surface area contributed by atoms with Crippen LogP contribution in [0.3, 0.4) is 0 Å². The lowest BCUT2D eigenvalue weighted by Crippen LogP contribution is -2.22. The van der Waals surface area contributed by atoms with E-state index in [-0.39, 0.29) is 18.4 Å². The second-order valence-corrected chi connectivity index (χ2v) is 6.37. The standard InChI is InChI=1S/C20H24ClN3O2/c1-2-3-4-12-19(25)23-16-9-7-8-15(13-16)22-14-20(26)24-18-11-6-5-10-17(18)21/h5-11,13,22H,2-4,12,14H2,1H3,(H,23,25)(H,24,26). The first-order valence-electron chi connectivity index (χ1n) is 8.76. The SMILES string of the molecule is CCCCCC(=O)Nc1cccc(NCC(=O)Nc2ccccc2Cl)c1. The molecule has 0 aromatic heterocycles. The minimum Gasteiger partial charge on any atom is -0.376 e. The van der Waals surface area contributed by atoms with Crippen molar-refractivity contribution in [3.05, 3.63) is 53.6 Å². The van der Waals surface area contributed by atoms with Crippen molar-refractivity contribution in [2.75, 3.05) is 22.5 Å². The van der Waals surface area contributed by atoms with Crippen molar-refractivity contribution in [2.45, 2.75) is 32.6 Å². The number of carbonyl (C=O) groups is 2. The topological polar surface area (TPSA) is 70.2 Å². The van der Waals surface area contributed by atoms with Crippen LogP contribution in [0.25, 0.3) is 0 Å². The van der Waals surface area contributed by atoms with E-state index in [9.17, 15) is 9.59 Å². The first kappa shape index (κ1) is 19.8. The molecule has 3 N–H and O–H groups in total. The van der Waals surface area contributed by atoms with Crippen LogP contribution in [0.4, 0.5) is 17.1 Å². The van der Waals surface area contributed by atoms with Crippen molar-refractivity contribution in [3.63, 3.8) is 0 Å². The van der Waals surface area contributed by atoms with Gasteiger partial charge >= 0.3 is 0 Å². The van der Waals surface area contributed by atoms with Gasteiger partial charge in [0.2, 0.25) is 11.8 Å². The van der Waals surface area contributed by atoms with Crippen LogP contribution in [-0.4, -0.2) is 18.4 Å². The Kier molecular flexibility index (Phi) is 7.96. The lowest BCUT2D eigenvalue weighted by atomic mass is 10.2. The van der Waals surface area contributed by atoms with Gasteiger partial charge in [0.15, 0.2) is 0 Å². The zero-order valence-corrected chi connectivity index (χ0v) is 15.6. The number of hydrogen-bond donors (Lipinski definition) is 3. The summed E-state index contributed by atoms with van der Waals surface area (Å²) in [6.07, 6.45) is 3.55. The van der Waals surface area contributed by atoms with E-state index in [1.54, 1.807) is 24.3 Å². The molecule has 0 unspecified atom stereocenters. The van der Waals surface area contributed by atoms with Gasteiger partial charge in [-0.2, -0.15) is 0 Å². The Morgan fingerprint density at radius 1 is 0.923 bits per heavy atom. The summed E-state index contributed by atoms with van der Waals surface area (Å²) < 4.78 is 0. The lowest BCUT2D eigenvalue weighted by Gasteiger charge is -2.11. The van der Waals surface area contributed by atoms with Crippen molar-refractivity contribution in [1.82, 2.24) is 0 Å². The Bertz CT molecular complexity index is 749. The predicted octanol–water partition coefficient (Wildman–Crippen LogP) is 4.91. The number of carbonyl (C=O) groups excluding carboxylic acids is 2. The molecule has 5 nitrogen and oxygen atoms in total. The van der Waals surface area contributed by atoms with Crippen LogP contribution in [0.15, 0.2) is 48.5 Å². The molecule has 2 amide bonds. The first-order valence-corrected chi connectivity index (χ1v) is 9.14. The molecule has 0 saturated heterocycles. The second-order valence-electron chi connectivity index (χ2n) is 5.97. The fourth-order valence-corrected chi connectivity index (χ4v) is 2.59. The highest BCUT2D eigenvalue weighted by Gasteiger charge is 2.06. The zero-order valence-electron chi connectivity index (χ0n) is 14.8. The number of hydrogen-bond acceptors (Lipinski definition) is 3. The van der Waals surface area contributed by atoms with Crippen LogP contribution in [0.5, 0.6) is 0 Å². The van der Waals surface area contributed by atoms with Gasteiger partial charge in [-0.25, -0.2) is 0 Å². The largest absolute Gasteiger partial charge is 0.376 e. The van der Waals surface area contributed by atoms with E-state index in [2.05, 4.69) is 22.9 Å². The molecule has 0 aliphatic carbocycles. The average Bonchev–Trinajstić information content (AvgIpc) is 2.62. The Hall–Kier alpha value is -2.53. The molecule has 0 saturated carbocycles. The minimum absolute atomic E-state index is 0.00654. The Balaban J connectivity index is 1.83. The molecular weight excluding hydrogens is 350 g/mol. The molecule has 0 radical (unpaired) electrons. The van der Waals surface area contributed by atoms with E-state index in [1.807, 2.05) is 24.3 Å². The summed E-state index contributed by atoms with van der Waals surface area (Å²) in [6, 6.07) is 14.4. The van der Waals surface area contributed by atoms with Gasteiger partial charge in [0, 0.05) is 17.8 Å². The summed E-state index contributed by atoms with van der Waals surface area (Å²) in [5.41, 5.74) is 2.04. The van der Waals surface area contributed by atoms with Gasteiger partial charge in [-0.3, -0.25) is 9.59 Å². The molecule has 138 valence electrons. The quantitative estimate of drug-likeness (QED) is 0.547. The third kappa shape index (κ3) is 6.76. The molecule has 26 heavy (non-hydrogen) atoms. The molecule has 2 aromatic carbocycles. The average molecular weight is 374 g/mol. The molecule has 0 atom stereocenters. The summed E-state index contributed by atoms with van der Waals surface area (Å²) in [4.78, 5) is 23.9. The van der Waals surface area contributed by atoms with E-state index in [4.69, 9.17) is 11.6 Å². The van der Waals surface area contributed by atoms with Crippen LogP contribution in [-0.2, 0) is 9.59 Å². The minimum atomic E-state index is -0.202. The number of anilines is 3. The zero-order chi connectivity index (χ0) is 18.8. The molecule has 0 heterocycles. The molecule has 2 rings (SSSR count). The molecule has 2 aromatic rings. The summed E-state index contributed by atoms with van der Waals surface area (Å²) >= 11 is 6.02. The third-order valence-electron chi connectivity index (χ3n) is 3.75. The van der Waals surface area contributed by atoms with Gasteiger partial charge in [-0.15, -0.1) is 0 Å². The van der Waals surface area contributed by atoms with E-state index >= 15 is 0 Å². The van der Waals surface area contributed by atoms with Crippen LogP contribution >= 0.6 is 11.6 Å². The molecule has 6 heteroatoms. The highest BCUT2D eigenvalue weighted by molar-refractivity contribution is 6.33. The van der Waals surface area contributed by atoms with Gasteiger partial charge in [-0.1, -0.05) is 49.6 Å². The van der Waals surface area contributed by atoms with Gasteiger partial charge in [0.25, 0.3) is 0 Å². The molecule has 0 spiro atoms. The fraction of sp³-hybridized carbons (Fsp3) is 0.300. The highest BCUT2D eigenvalue weighted by atomic mass is 35.5. The van der Waals surface area contributed by atoms with Crippen LogP contribution in [0.1, 0.15) is 32.6 Å². The normalized spacial score (nSPS) is 10.2. The van der Waals surface area contributed by atoms with Crippen molar-refractivity contribution in [3.8, 4) is 0 Å². The van der Waals surface area contributed by atoms with Crippen LogP contribution in [0, 0.1) is 0 Å². The van der Waals surface area contributed by atoms with Gasteiger partial charge in [0.05, 0.1) is 17.3 Å². The molecule has 0 aliphatic heterocycles. The number of amides is 2. The van der Waals surface area contributed by atoms with Crippen molar-refractivity contribution in [2.24, 2.45) is 0 Å². The molecule has 0 bridgehead atoms. The lowest BCUT2D eigenvalue weighted by molar-refractivity contribution is -0.116. The van der Waals surface area contributed by atoms with Gasteiger partial charge < -0.3 is 16.0 Å². The molecule has 0 aliphatic rings. The van der Waals surface area contributed by atoms with E-state index in [0.717, 1.165) is 24.9 Å². The maximum Gasteiger partial charge on any atom is 0.243 e. The van der Waals surface area contributed by atoms with Crippen molar-refractivity contribution < 1.29 is 9.59 Å². The number of benzene rings is 2. The fourth-order valence-electron chi connectivity index (χ4n) is 2.41. The number of unbranched alkanes of at least 4 members (excludes halogenated alkanes) is 2. The first-order chi connectivity index (χ1) is 12.6. The number of para-hydroxylation sites is 1. The van der Waals surface area contributed by atoms with Crippen LogP contribution in [0.2, 0.25) is 5.02 Å². The van der Waals surface area contributed by atoms with Crippen molar-refractivity contribution in [1.29, 1.82) is 0 Å². The maximum atomic E-state index is 12.0. The van der Waals surface area contributed by atoms with Crippen molar-refractivity contribution >= 4 is 40.5 Å². The highest BCUT2D eigenvalue weighted by Crippen LogP contribution is 2.20. The Labute approximate surface area is 159 Å². The molecule has 0 fully saturated rings. The summed E-state index contributed by atoms with van der Waals surface area (Å²) in [5, 5.41) is 9.17. The van der Waals surface area contributed by atoms with Gasteiger partial charge in [-0.05, 0) is 36.8 Å². The van der Waals surface area contributed by atoms with E-state index in [1.165, 1.54) is 0 Å². The maximum absolute atomic E-state index is 12.0. The summed E-state index contributed by atoms with van der Waals surface area (Å²) in [7, 11) is 0. The number of halogens is 1. The monoisotopic (exact) mass is 373 g/mol. The number of nitrogens with one attached hydrogen (secondary N) is 3. The molecular formula is C20H24ClN3O2. The Morgan fingerprint density at radius 2 is 1.69 bits per heavy atom. The Morgan fingerprint density at radius 3 is 2.46 bits per heavy atom. The third-order valence-corrected chi connectivity index (χ3v) is 4.08. The second kappa shape index (κ2) is 10.5. The summed E-state index contributed by atoms with van der Waals surface area (Å²) in [5.74, 6) is -0.195. The summed E-state index contributed by atoms with van der Waals surface area (Å²) in [6.45, 7) is 2.20. The van der Waals surface area contributed by atoms with Crippen LogP contribution < -0.4 is 16.0 Å². The number of rotatable bonds is 9. The van der Waals surface area contributed by atoms with E-state index in [0.29, 0.717) is 22.8 Å². The van der Waals surface area contributed by atoms with Gasteiger partial charge in [0.1, 0.15) is 0 Å². The smallest absolute Gasteiger partial charge is 0.243 e.